The first-order chi connectivity index (χ1) is 16.5. The zero-order valence-corrected chi connectivity index (χ0v) is 18.8. The highest BCUT2D eigenvalue weighted by molar-refractivity contribution is 6.05. The van der Waals surface area contributed by atoms with Crippen molar-refractivity contribution in [1.29, 1.82) is 0 Å². The summed E-state index contributed by atoms with van der Waals surface area (Å²) in [6.07, 6.45) is 0.991. The zero-order valence-electron chi connectivity index (χ0n) is 18.8. The fourth-order valence-electron chi connectivity index (χ4n) is 5.55. The number of aromatic nitrogens is 1. The van der Waals surface area contributed by atoms with Crippen molar-refractivity contribution in [3.05, 3.63) is 86.6 Å². The van der Waals surface area contributed by atoms with E-state index in [4.69, 9.17) is 9.15 Å². The molecule has 0 spiro atoms. The van der Waals surface area contributed by atoms with Crippen LogP contribution < -0.4 is 15.9 Å². The molecule has 1 amide bonds. The van der Waals surface area contributed by atoms with E-state index in [9.17, 15) is 14.4 Å². The van der Waals surface area contributed by atoms with Crippen molar-refractivity contribution in [3.8, 4) is 5.75 Å². The SMILES string of the molecule is Cc1c(OCC(=O)N2C[C@@H]3C[C@H](C2)c2cccc(=O)n2C3)ccc2c1oc(=O)c1ccccc12. The highest BCUT2D eigenvalue weighted by Crippen LogP contribution is 2.35. The molecule has 2 atom stereocenters. The molecule has 4 heterocycles. The van der Waals surface area contributed by atoms with E-state index in [1.165, 1.54) is 0 Å². The van der Waals surface area contributed by atoms with Gasteiger partial charge in [0.25, 0.3) is 11.5 Å². The molecule has 1 saturated heterocycles. The van der Waals surface area contributed by atoms with E-state index < -0.39 is 5.63 Å². The maximum atomic E-state index is 13.0. The third kappa shape index (κ3) is 3.31. The van der Waals surface area contributed by atoms with Gasteiger partial charge in [-0.15, -0.1) is 0 Å². The van der Waals surface area contributed by atoms with Gasteiger partial charge in [-0.3, -0.25) is 9.59 Å². The Bertz CT molecular complexity index is 1570. The normalized spacial score (nSPS) is 19.3. The lowest BCUT2D eigenvalue weighted by molar-refractivity contribution is -0.136. The second-order valence-electron chi connectivity index (χ2n) is 9.29. The molecule has 0 N–H and O–H groups in total. The number of carbonyl (C=O) groups excluding carboxylic acids is 1. The van der Waals surface area contributed by atoms with Crippen LogP contribution in [0.15, 0.2) is 68.6 Å². The number of piperidine rings is 1. The van der Waals surface area contributed by atoms with Gasteiger partial charge in [0.15, 0.2) is 6.61 Å². The monoisotopic (exact) mass is 456 g/mol. The number of hydrogen-bond donors (Lipinski definition) is 0. The summed E-state index contributed by atoms with van der Waals surface area (Å²) in [5, 5.41) is 2.21. The van der Waals surface area contributed by atoms with E-state index in [1.807, 2.05) is 52.8 Å². The highest BCUT2D eigenvalue weighted by atomic mass is 16.5. The maximum absolute atomic E-state index is 13.0. The Balaban J connectivity index is 1.22. The van der Waals surface area contributed by atoms with Gasteiger partial charge in [-0.2, -0.15) is 0 Å². The lowest BCUT2D eigenvalue weighted by atomic mass is 9.83. The van der Waals surface area contributed by atoms with Crippen molar-refractivity contribution >= 4 is 27.6 Å². The molecule has 2 aliphatic heterocycles. The molecular weight excluding hydrogens is 432 g/mol. The predicted octanol–water partition coefficient (Wildman–Crippen LogP) is 3.44. The number of rotatable bonds is 3. The molecule has 0 aliphatic carbocycles. The number of pyridine rings is 1. The van der Waals surface area contributed by atoms with Crippen LogP contribution in [0.25, 0.3) is 21.7 Å². The van der Waals surface area contributed by atoms with Crippen LogP contribution in [0.5, 0.6) is 5.75 Å². The molecule has 2 aromatic heterocycles. The summed E-state index contributed by atoms with van der Waals surface area (Å²) >= 11 is 0. The van der Waals surface area contributed by atoms with Gasteiger partial charge in [-0.25, -0.2) is 4.79 Å². The zero-order chi connectivity index (χ0) is 23.4. The minimum absolute atomic E-state index is 0.0292. The Morgan fingerprint density at radius 2 is 1.79 bits per heavy atom. The van der Waals surface area contributed by atoms with E-state index in [2.05, 4.69) is 0 Å². The number of amides is 1. The molecule has 2 aromatic carbocycles. The number of fused-ring (bicyclic) bond motifs is 7. The van der Waals surface area contributed by atoms with E-state index in [-0.39, 0.29) is 29.9 Å². The molecular formula is C27H24N2O5. The number of hydrogen-bond acceptors (Lipinski definition) is 5. The summed E-state index contributed by atoms with van der Waals surface area (Å²) in [4.78, 5) is 39.6. The summed E-state index contributed by atoms with van der Waals surface area (Å²) in [7, 11) is 0. The quantitative estimate of drug-likeness (QED) is 0.348. The minimum Gasteiger partial charge on any atom is -0.483 e. The maximum Gasteiger partial charge on any atom is 0.344 e. The molecule has 0 unspecified atom stereocenters. The summed E-state index contributed by atoms with van der Waals surface area (Å²) in [5.41, 5.74) is 1.81. The molecule has 6 rings (SSSR count). The van der Waals surface area contributed by atoms with Crippen LogP contribution in [0.2, 0.25) is 0 Å². The second-order valence-corrected chi connectivity index (χ2v) is 9.29. The van der Waals surface area contributed by atoms with Gasteiger partial charge in [-0.1, -0.05) is 24.3 Å². The number of aryl methyl sites for hydroxylation is 1. The molecule has 0 radical (unpaired) electrons. The van der Waals surface area contributed by atoms with Crippen molar-refractivity contribution < 1.29 is 13.9 Å². The van der Waals surface area contributed by atoms with Gasteiger partial charge in [0.1, 0.15) is 11.3 Å². The van der Waals surface area contributed by atoms with Crippen molar-refractivity contribution in [1.82, 2.24) is 9.47 Å². The molecule has 4 aromatic rings. The topological polar surface area (TPSA) is 81.8 Å². The Morgan fingerprint density at radius 3 is 2.65 bits per heavy atom. The number of ether oxygens (including phenoxy) is 1. The first-order valence-electron chi connectivity index (χ1n) is 11.5. The fourth-order valence-corrected chi connectivity index (χ4v) is 5.55. The van der Waals surface area contributed by atoms with E-state index in [1.54, 1.807) is 18.2 Å². The average Bonchev–Trinajstić information content (AvgIpc) is 2.85. The molecule has 1 fully saturated rings. The molecule has 7 nitrogen and oxygen atoms in total. The number of nitrogens with zero attached hydrogens (tertiary/aromatic N) is 2. The molecule has 2 aliphatic rings. The van der Waals surface area contributed by atoms with Crippen LogP contribution in [0.1, 0.15) is 23.6 Å². The molecule has 2 bridgehead atoms. The van der Waals surface area contributed by atoms with Crippen LogP contribution in [0.3, 0.4) is 0 Å². The summed E-state index contributed by atoms with van der Waals surface area (Å²) in [6, 6.07) is 16.4. The average molecular weight is 456 g/mol. The smallest absolute Gasteiger partial charge is 0.344 e. The first-order valence-corrected chi connectivity index (χ1v) is 11.5. The Labute approximate surface area is 195 Å². The van der Waals surface area contributed by atoms with Crippen molar-refractivity contribution in [2.45, 2.75) is 25.8 Å². The number of carbonyl (C=O) groups is 1. The first kappa shape index (κ1) is 20.7. The van der Waals surface area contributed by atoms with E-state index in [0.717, 1.165) is 22.9 Å². The van der Waals surface area contributed by atoms with Gasteiger partial charge in [0.2, 0.25) is 0 Å². The van der Waals surface area contributed by atoms with Crippen molar-refractivity contribution in [2.75, 3.05) is 19.7 Å². The van der Waals surface area contributed by atoms with E-state index in [0.29, 0.717) is 41.9 Å². The van der Waals surface area contributed by atoms with Gasteiger partial charge in [0.05, 0.1) is 5.39 Å². The Morgan fingerprint density at radius 1 is 0.971 bits per heavy atom. The fraction of sp³-hybridized carbons (Fsp3) is 0.296. The molecule has 0 saturated carbocycles. The second kappa shape index (κ2) is 7.87. The van der Waals surface area contributed by atoms with Gasteiger partial charge in [-0.05, 0) is 48.9 Å². The molecule has 7 heteroatoms. The van der Waals surface area contributed by atoms with Crippen LogP contribution in [-0.4, -0.2) is 35.1 Å². The van der Waals surface area contributed by atoms with Crippen LogP contribution in [0.4, 0.5) is 0 Å². The standard InChI is InChI=1S/C27H24N2O5/c1-16-23(10-9-20-19-5-2-3-6-21(19)27(32)34-26(16)20)33-15-25(31)28-12-17-11-18(14-28)22-7-4-8-24(30)29(22)13-17/h2-10,17-18H,11-15H2,1H3/t17-,18+/m0/s1. The largest absolute Gasteiger partial charge is 0.483 e. The lowest BCUT2D eigenvalue weighted by Gasteiger charge is -2.42. The van der Waals surface area contributed by atoms with Crippen LogP contribution in [0, 0.1) is 12.8 Å². The summed E-state index contributed by atoms with van der Waals surface area (Å²) < 4.78 is 13.4. The predicted molar refractivity (Wildman–Crippen MR) is 128 cm³/mol. The van der Waals surface area contributed by atoms with Crippen molar-refractivity contribution in [3.63, 3.8) is 0 Å². The molecule has 34 heavy (non-hydrogen) atoms. The summed E-state index contributed by atoms with van der Waals surface area (Å²) in [6.45, 7) is 3.59. The third-order valence-corrected chi connectivity index (χ3v) is 7.17. The third-order valence-electron chi connectivity index (χ3n) is 7.17. The lowest BCUT2D eigenvalue weighted by Crippen LogP contribution is -2.50. The molecule has 172 valence electrons. The Hall–Kier alpha value is -3.87. The van der Waals surface area contributed by atoms with E-state index >= 15 is 0 Å². The minimum atomic E-state index is -0.390. The van der Waals surface area contributed by atoms with Gasteiger partial charge >= 0.3 is 5.63 Å². The van der Waals surface area contributed by atoms with Gasteiger partial charge in [0, 0.05) is 48.3 Å². The van der Waals surface area contributed by atoms with Crippen molar-refractivity contribution in [2.24, 2.45) is 5.92 Å². The Kier molecular flexibility index (Phi) is 4.79. The highest BCUT2D eigenvalue weighted by Gasteiger charge is 2.36. The van der Waals surface area contributed by atoms with Crippen LogP contribution >= 0.6 is 0 Å². The van der Waals surface area contributed by atoms with Crippen LogP contribution in [-0.2, 0) is 11.3 Å². The van der Waals surface area contributed by atoms with Gasteiger partial charge < -0.3 is 18.6 Å². The number of likely N-dealkylation sites (tertiary alicyclic amines) is 1. The number of benzene rings is 2. The summed E-state index contributed by atoms with van der Waals surface area (Å²) in [5.74, 6) is 0.866.